The minimum absolute atomic E-state index is 0.115. The molecule has 0 radical (unpaired) electrons. The lowest BCUT2D eigenvalue weighted by Gasteiger charge is -2.22. The molecule has 1 N–H and O–H groups in total. The van der Waals surface area contributed by atoms with Crippen molar-refractivity contribution >= 4 is 11.5 Å². The van der Waals surface area contributed by atoms with Crippen LogP contribution >= 0.6 is 0 Å². The fraction of sp³-hybridized carbons (Fsp3) is 0.615. The average Bonchev–Trinajstić information content (AvgIpc) is 2.32. The first-order valence-electron chi connectivity index (χ1n) is 6.37. The summed E-state index contributed by atoms with van der Waals surface area (Å²) in [4.78, 5) is 14.7. The van der Waals surface area contributed by atoms with Crippen molar-refractivity contribution in [2.24, 2.45) is 5.92 Å². The maximum Gasteiger partial charge on any atom is 0.277 e. The van der Waals surface area contributed by atoms with Crippen LogP contribution in [0.3, 0.4) is 0 Å². The predicted molar refractivity (Wildman–Crippen MR) is 72.8 cm³/mol. The zero-order valence-corrected chi connectivity index (χ0v) is 11.4. The number of pyridine rings is 1. The van der Waals surface area contributed by atoms with E-state index >= 15 is 0 Å². The Balaban J connectivity index is 2.85. The Morgan fingerprint density at radius 1 is 1.44 bits per heavy atom. The van der Waals surface area contributed by atoms with Gasteiger partial charge in [0.15, 0.2) is 0 Å². The highest BCUT2D eigenvalue weighted by Gasteiger charge is 2.16. The molecule has 0 aromatic carbocycles. The molecule has 0 amide bonds. The zero-order valence-electron chi connectivity index (χ0n) is 11.4. The summed E-state index contributed by atoms with van der Waals surface area (Å²) in [5.74, 6) is 1.12. The summed E-state index contributed by atoms with van der Waals surface area (Å²) in [5.41, 5.74) is 0.699. The van der Waals surface area contributed by atoms with Crippen LogP contribution in [-0.4, -0.2) is 15.9 Å². The van der Waals surface area contributed by atoms with Gasteiger partial charge in [-0.25, -0.2) is 4.98 Å². The van der Waals surface area contributed by atoms with Crippen LogP contribution in [0.2, 0.25) is 0 Å². The molecule has 1 aromatic rings. The number of nitrogens with zero attached hydrogens (tertiary/aromatic N) is 2. The SMILES string of the molecule is CCC(CC)C(C)Nc1cc([N+](=O)[O-])c(C)cn1. The molecule has 18 heavy (non-hydrogen) atoms. The Labute approximate surface area is 108 Å². The summed E-state index contributed by atoms with van der Waals surface area (Å²) in [6.45, 7) is 8.08. The minimum Gasteiger partial charge on any atom is -0.367 e. The number of rotatable bonds is 6. The van der Waals surface area contributed by atoms with Crippen molar-refractivity contribution in [1.29, 1.82) is 0 Å². The van der Waals surface area contributed by atoms with Crippen LogP contribution < -0.4 is 5.32 Å². The Hall–Kier alpha value is -1.65. The summed E-state index contributed by atoms with van der Waals surface area (Å²) in [7, 11) is 0. The number of aryl methyl sites for hydroxylation is 1. The summed E-state index contributed by atoms with van der Waals surface area (Å²) < 4.78 is 0. The van der Waals surface area contributed by atoms with E-state index in [9.17, 15) is 10.1 Å². The molecule has 1 rings (SSSR count). The molecule has 1 aromatic heterocycles. The second kappa shape index (κ2) is 6.33. The lowest BCUT2D eigenvalue weighted by atomic mass is 9.95. The third-order valence-corrected chi connectivity index (χ3v) is 3.40. The van der Waals surface area contributed by atoms with Crippen molar-refractivity contribution in [1.82, 2.24) is 4.98 Å². The first kappa shape index (κ1) is 14.4. The van der Waals surface area contributed by atoms with Crippen LogP contribution in [0.1, 0.15) is 39.2 Å². The van der Waals surface area contributed by atoms with Crippen LogP contribution in [0.5, 0.6) is 0 Å². The largest absolute Gasteiger partial charge is 0.367 e. The summed E-state index contributed by atoms with van der Waals surface area (Å²) in [6.07, 6.45) is 3.71. The van der Waals surface area contributed by atoms with Crippen molar-refractivity contribution in [3.05, 3.63) is 27.9 Å². The van der Waals surface area contributed by atoms with Gasteiger partial charge in [-0.1, -0.05) is 26.7 Å². The third-order valence-electron chi connectivity index (χ3n) is 3.40. The zero-order chi connectivity index (χ0) is 13.7. The van der Waals surface area contributed by atoms with Gasteiger partial charge >= 0.3 is 0 Å². The molecule has 0 aliphatic rings. The molecule has 1 unspecified atom stereocenters. The van der Waals surface area contributed by atoms with E-state index in [1.807, 2.05) is 0 Å². The Kier molecular flexibility index (Phi) is 5.07. The summed E-state index contributed by atoms with van der Waals surface area (Å²) in [5, 5.41) is 14.1. The van der Waals surface area contributed by atoms with Gasteiger partial charge in [-0.2, -0.15) is 0 Å². The molecular weight excluding hydrogens is 230 g/mol. The van der Waals surface area contributed by atoms with E-state index in [1.165, 1.54) is 6.07 Å². The molecule has 5 heteroatoms. The molecule has 0 aliphatic heterocycles. The first-order valence-corrected chi connectivity index (χ1v) is 6.37. The topological polar surface area (TPSA) is 68.1 Å². The van der Waals surface area contributed by atoms with Gasteiger partial charge in [0.05, 0.1) is 11.0 Å². The van der Waals surface area contributed by atoms with E-state index in [4.69, 9.17) is 0 Å². The maximum atomic E-state index is 10.9. The Bertz CT molecular complexity index is 417. The number of nitro groups is 1. The van der Waals surface area contributed by atoms with E-state index in [-0.39, 0.29) is 16.7 Å². The smallest absolute Gasteiger partial charge is 0.277 e. The number of hydrogen-bond acceptors (Lipinski definition) is 4. The van der Waals surface area contributed by atoms with Crippen LogP contribution in [-0.2, 0) is 0 Å². The van der Waals surface area contributed by atoms with Crippen molar-refractivity contribution in [3.8, 4) is 0 Å². The van der Waals surface area contributed by atoms with Crippen LogP contribution in [0, 0.1) is 23.0 Å². The Morgan fingerprint density at radius 3 is 2.56 bits per heavy atom. The van der Waals surface area contributed by atoms with E-state index in [1.54, 1.807) is 13.1 Å². The molecule has 0 aliphatic carbocycles. The highest BCUT2D eigenvalue weighted by Crippen LogP contribution is 2.22. The molecule has 1 atom stereocenters. The van der Waals surface area contributed by atoms with Crippen molar-refractivity contribution in [2.75, 3.05) is 5.32 Å². The van der Waals surface area contributed by atoms with Gasteiger partial charge in [-0.05, 0) is 19.8 Å². The monoisotopic (exact) mass is 251 g/mol. The second-order valence-corrected chi connectivity index (χ2v) is 4.62. The molecule has 5 nitrogen and oxygen atoms in total. The fourth-order valence-corrected chi connectivity index (χ4v) is 2.14. The predicted octanol–water partition coefficient (Wildman–Crippen LogP) is 3.53. The van der Waals surface area contributed by atoms with E-state index in [0.717, 1.165) is 12.8 Å². The van der Waals surface area contributed by atoms with Gasteiger partial charge in [0.25, 0.3) is 5.69 Å². The summed E-state index contributed by atoms with van der Waals surface area (Å²) >= 11 is 0. The standard InChI is InChI=1S/C13H21N3O2/c1-5-11(6-2)10(4)15-13-7-12(16(17)18)9(3)8-14-13/h7-8,10-11H,5-6H2,1-4H3,(H,14,15). The van der Waals surface area contributed by atoms with E-state index < -0.39 is 0 Å². The Morgan fingerprint density at radius 2 is 2.06 bits per heavy atom. The minimum atomic E-state index is -0.371. The van der Waals surface area contributed by atoms with Crippen molar-refractivity contribution in [2.45, 2.75) is 46.6 Å². The number of nitrogens with one attached hydrogen (secondary N) is 1. The molecular formula is C13H21N3O2. The number of hydrogen-bond donors (Lipinski definition) is 1. The normalized spacial score (nSPS) is 12.5. The molecule has 1 heterocycles. The van der Waals surface area contributed by atoms with Crippen LogP contribution in [0.25, 0.3) is 0 Å². The van der Waals surface area contributed by atoms with Gasteiger partial charge in [-0.15, -0.1) is 0 Å². The number of aromatic nitrogens is 1. The first-order chi connectivity index (χ1) is 8.49. The molecule has 0 bridgehead atoms. The number of anilines is 1. The van der Waals surface area contributed by atoms with Crippen LogP contribution in [0.4, 0.5) is 11.5 Å². The molecule has 100 valence electrons. The molecule has 0 saturated heterocycles. The average molecular weight is 251 g/mol. The van der Waals surface area contributed by atoms with E-state index in [2.05, 4.69) is 31.1 Å². The van der Waals surface area contributed by atoms with Gasteiger partial charge in [0, 0.05) is 17.8 Å². The summed E-state index contributed by atoms with van der Waals surface area (Å²) in [6, 6.07) is 1.77. The van der Waals surface area contributed by atoms with E-state index in [0.29, 0.717) is 17.3 Å². The molecule has 0 saturated carbocycles. The maximum absolute atomic E-state index is 10.9. The highest BCUT2D eigenvalue weighted by molar-refractivity contribution is 5.49. The van der Waals surface area contributed by atoms with Gasteiger partial charge in [0.2, 0.25) is 0 Å². The van der Waals surface area contributed by atoms with Crippen molar-refractivity contribution < 1.29 is 4.92 Å². The van der Waals surface area contributed by atoms with Gasteiger partial charge in [0.1, 0.15) is 5.82 Å². The van der Waals surface area contributed by atoms with Crippen molar-refractivity contribution in [3.63, 3.8) is 0 Å². The third kappa shape index (κ3) is 3.42. The quantitative estimate of drug-likeness (QED) is 0.620. The second-order valence-electron chi connectivity index (χ2n) is 4.62. The molecule has 0 spiro atoms. The molecule has 0 fully saturated rings. The van der Waals surface area contributed by atoms with Crippen LogP contribution in [0.15, 0.2) is 12.3 Å². The lowest BCUT2D eigenvalue weighted by molar-refractivity contribution is -0.385. The fourth-order valence-electron chi connectivity index (χ4n) is 2.14. The van der Waals surface area contributed by atoms with Gasteiger partial charge in [-0.3, -0.25) is 10.1 Å². The van der Waals surface area contributed by atoms with Gasteiger partial charge < -0.3 is 5.32 Å². The highest BCUT2D eigenvalue weighted by atomic mass is 16.6. The lowest BCUT2D eigenvalue weighted by Crippen LogP contribution is -2.25.